The standard InChI is InChI=1S/C12H16FNO/c13-5-8-3-10-6-14(7-11(10)4-8)12(15)9-1-2-9/h5,9-11H,1-4,6-7H2. The topological polar surface area (TPSA) is 20.3 Å². The summed E-state index contributed by atoms with van der Waals surface area (Å²) < 4.78 is 12.4. The van der Waals surface area contributed by atoms with Crippen molar-refractivity contribution in [1.82, 2.24) is 4.90 Å². The highest BCUT2D eigenvalue weighted by Gasteiger charge is 2.43. The van der Waals surface area contributed by atoms with Crippen molar-refractivity contribution in [2.75, 3.05) is 13.1 Å². The van der Waals surface area contributed by atoms with E-state index in [2.05, 4.69) is 0 Å². The van der Waals surface area contributed by atoms with Gasteiger partial charge in [0.05, 0.1) is 6.33 Å². The van der Waals surface area contributed by atoms with Crippen LogP contribution >= 0.6 is 0 Å². The van der Waals surface area contributed by atoms with Gasteiger partial charge in [0.25, 0.3) is 0 Å². The molecule has 0 aromatic rings. The van der Waals surface area contributed by atoms with Gasteiger partial charge >= 0.3 is 0 Å². The summed E-state index contributed by atoms with van der Waals surface area (Å²) in [6, 6.07) is 0. The van der Waals surface area contributed by atoms with Gasteiger partial charge in [-0.2, -0.15) is 0 Å². The van der Waals surface area contributed by atoms with Crippen molar-refractivity contribution in [3.05, 3.63) is 11.9 Å². The van der Waals surface area contributed by atoms with Crippen molar-refractivity contribution < 1.29 is 9.18 Å². The van der Waals surface area contributed by atoms with Crippen LogP contribution in [-0.2, 0) is 4.79 Å². The number of likely N-dealkylation sites (tertiary alicyclic amines) is 1. The molecular formula is C12H16FNO. The van der Waals surface area contributed by atoms with E-state index in [1.165, 1.54) is 0 Å². The summed E-state index contributed by atoms with van der Waals surface area (Å²) in [5, 5.41) is 0. The fourth-order valence-corrected chi connectivity index (χ4v) is 3.02. The third-order valence-electron chi connectivity index (χ3n) is 4.02. The minimum atomic E-state index is 0.333. The molecule has 0 bridgehead atoms. The largest absolute Gasteiger partial charge is 0.342 e. The molecule has 2 nitrogen and oxygen atoms in total. The Bertz CT molecular complexity index is 306. The van der Waals surface area contributed by atoms with E-state index in [0.717, 1.165) is 50.7 Å². The molecular weight excluding hydrogens is 193 g/mol. The number of hydrogen-bond donors (Lipinski definition) is 0. The van der Waals surface area contributed by atoms with Gasteiger partial charge < -0.3 is 4.90 Å². The molecule has 3 rings (SSSR count). The van der Waals surface area contributed by atoms with Crippen LogP contribution in [0.4, 0.5) is 4.39 Å². The molecule has 82 valence electrons. The molecule has 2 saturated carbocycles. The number of nitrogens with zero attached hydrogens (tertiary/aromatic N) is 1. The molecule has 3 fully saturated rings. The van der Waals surface area contributed by atoms with Crippen molar-refractivity contribution in [3.8, 4) is 0 Å². The minimum Gasteiger partial charge on any atom is -0.342 e. The van der Waals surface area contributed by atoms with Gasteiger partial charge in [-0.25, -0.2) is 4.39 Å². The van der Waals surface area contributed by atoms with Crippen LogP contribution in [0, 0.1) is 17.8 Å². The maximum absolute atomic E-state index is 12.4. The first-order valence-electron chi connectivity index (χ1n) is 5.85. The van der Waals surface area contributed by atoms with E-state index in [-0.39, 0.29) is 0 Å². The number of hydrogen-bond acceptors (Lipinski definition) is 1. The second kappa shape index (κ2) is 3.32. The van der Waals surface area contributed by atoms with E-state index >= 15 is 0 Å². The predicted octanol–water partition coefficient (Wildman–Crippen LogP) is 2.12. The molecule has 1 heterocycles. The zero-order chi connectivity index (χ0) is 10.4. The Morgan fingerprint density at radius 2 is 1.87 bits per heavy atom. The normalized spacial score (nSPS) is 34.5. The Labute approximate surface area is 89.1 Å². The summed E-state index contributed by atoms with van der Waals surface area (Å²) in [5.74, 6) is 1.76. The average Bonchev–Trinajstić information content (AvgIpc) is 2.88. The number of rotatable bonds is 1. The van der Waals surface area contributed by atoms with E-state index in [4.69, 9.17) is 0 Å². The fraction of sp³-hybridized carbons (Fsp3) is 0.750. The second-order valence-electron chi connectivity index (χ2n) is 5.21. The van der Waals surface area contributed by atoms with Gasteiger partial charge in [-0.05, 0) is 43.1 Å². The first kappa shape index (κ1) is 9.37. The predicted molar refractivity (Wildman–Crippen MR) is 54.7 cm³/mol. The molecule has 15 heavy (non-hydrogen) atoms. The molecule has 3 heteroatoms. The van der Waals surface area contributed by atoms with Crippen LogP contribution in [0.25, 0.3) is 0 Å². The number of amides is 1. The molecule has 2 aliphatic carbocycles. The molecule has 0 aromatic carbocycles. The molecule has 2 atom stereocenters. The van der Waals surface area contributed by atoms with Gasteiger partial charge in [0.2, 0.25) is 5.91 Å². The first-order valence-corrected chi connectivity index (χ1v) is 5.85. The molecule has 3 aliphatic rings. The van der Waals surface area contributed by atoms with E-state index in [1.54, 1.807) is 0 Å². The van der Waals surface area contributed by atoms with Crippen molar-refractivity contribution in [2.24, 2.45) is 17.8 Å². The zero-order valence-electron chi connectivity index (χ0n) is 8.79. The molecule has 1 saturated heterocycles. The zero-order valence-corrected chi connectivity index (χ0v) is 8.79. The van der Waals surface area contributed by atoms with E-state index in [1.807, 2.05) is 4.90 Å². The second-order valence-corrected chi connectivity index (χ2v) is 5.21. The Balaban J connectivity index is 1.64. The molecule has 1 aliphatic heterocycles. The van der Waals surface area contributed by atoms with Crippen LogP contribution in [0.5, 0.6) is 0 Å². The summed E-state index contributed by atoms with van der Waals surface area (Å²) >= 11 is 0. The van der Waals surface area contributed by atoms with Crippen LogP contribution in [0.15, 0.2) is 11.9 Å². The lowest BCUT2D eigenvalue weighted by atomic mass is 10.0. The van der Waals surface area contributed by atoms with Crippen molar-refractivity contribution in [3.63, 3.8) is 0 Å². The van der Waals surface area contributed by atoms with Crippen LogP contribution in [0.2, 0.25) is 0 Å². The SMILES string of the molecule is O=C(C1CC1)N1CC2CC(=CF)CC2C1. The highest BCUT2D eigenvalue weighted by molar-refractivity contribution is 5.81. The lowest BCUT2D eigenvalue weighted by Crippen LogP contribution is -2.30. The van der Waals surface area contributed by atoms with E-state index < -0.39 is 0 Å². The third kappa shape index (κ3) is 1.58. The van der Waals surface area contributed by atoms with Crippen molar-refractivity contribution in [1.29, 1.82) is 0 Å². The smallest absolute Gasteiger partial charge is 0.225 e. The molecule has 0 radical (unpaired) electrons. The summed E-state index contributed by atoms with van der Waals surface area (Å²) in [4.78, 5) is 13.8. The van der Waals surface area contributed by atoms with Crippen LogP contribution in [-0.4, -0.2) is 23.9 Å². The van der Waals surface area contributed by atoms with Gasteiger partial charge in [-0.15, -0.1) is 0 Å². The van der Waals surface area contributed by atoms with Crippen LogP contribution in [0.1, 0.15) is 25.7 Å². The summed E-state index contributed by atoms with van der Waals surface area (Å²) in [7, 11) is 0. The number of halogens is 1. The van der Waals surface area contributed by atoms with Crippen molar-refractivity contribution in [2.45, 2.75) is 25.7 Å². The van der Waals surface area contributed by atoms with Gasteiger partial charge in [0.1, 0.15) is 0 Å². The monoisotopic (exact) mass is 209 g/mol. The molecule has 0 spiro atoms. The lowest BCUT2D eigenvalue weighted by molar-refractivity contribution is -0.131. The van der Waals surface area contributed by atoms with E-state index in [9.17, 15) is 9.18 Å². The lowest BCUT2D eigenvalue weighted by Gasteiger charge is -2.17. The van der Waals surface area contributed by atoms with Gasteiger partial charge in [-0.1, -0.05) is 0 Å². The molecule has 2 unspecified atom stereocenters. The van der Waals surface area contributed by atoms with Gasteiger partial charge in [0, 0.05) is 19.0 Å². The molecule has 1 amide bonds. The Morgan fingerprint density at radius 1 is 1.27 bits per heavy atom. The maximum Gasteiger partial charge on any atom is 0.225 e. The molecule has 0 N–H and O–H groups in total. The maximum atomic E-state index is 12.4. The van der Waals surface area contributed by atoms with E-state index in [0.29, 0.717) is 23.7 Å². The quantitative estimate of drug-likeness (QED) is 0.647. The Hall–Kier alpha value is -0.860. The number of allylic oxidation sites excluding steroid dienone is 1. The van der Waals surface area contributed by atoms with Crippen LogP contribution < -0.4 is 0 Å². The molecule has 0 aromatic heterocycles. The highest BCUT2D eigenvalue weighted by atomic mass is 19.1. The number of carbonyl (C=O) groups excluding carboxylic acids is 1. The van der Waals surface area contributed by atoms with Gasteiger partial charge in [-0.3, -0.25) is 4.79 Å². The Kier molecular flexibility index (Phi) is 2.08. The minimum absolute atomic E-state index is 0.333. The average molecular weight is 209 g/mol. The number of carbonyl (C=O) groups is 1. The fourth-order valence-electron chi connectivity index (χ4n) is 3.02. The summed E-state index contributed by atoms with van der Waals surface area (Å²) in [5.41, 5.74) is 0.948. The van der Waals surface area contributed by atoms with Crippen molar-refractivity contribution >= 4 is 5.91 Å². The Morgan fingerprint density at radius 3 is 2.33 bits per heavy atom. The first-order chi connectivity index (χ1) is 7.28. The van der Waals surface area contributed by atoms with Crippen LogP contribution in [0.3, 0.4) is 0 Å². The third-order valence-corrected chi connectivity index (χ3v) is 4.02. The number of fused-ring (bicyclic) bond motifs is 1. The summed E-state index contributed by atoms with van der Waals surface area (Å²) in [6.45, 7) is 1.74. The highest BCUT2D eigenvalue weighted by Crippen LogP contribution is 2.43. The van der Waals surface area contributed by atoms with Gasteiger partial charge in [0.15, 0.2) is 0 Å². The summed E-state index contributed by atoms with van der Waals surface area (Å²) in [6.07, 6.45) is 4.68.